The second-order valence-electron chi connectivity index (χ2n) is 3.09. The zero-order valence-corrected chi connectivity index (χ0v) is 7.04. The summed E-state index contributed by atoms with van der Waals surface area (Å²) in [6.07, 6.45) is 5.96. The monoisotopic (exact) mass is 158 g/mol. The van der Waals surface area contributed by atoms with E-state index in [0.29, 0.717) is 5.92 Å². The Hall–Kier alpha value is -1.36. The van der Waals surface area contributed by atoms with Gasteiger partial charge in [0.2, 0.25) is 0 Å². The van der Waals surface area contributed by atoms with E-state index in [1.165, 1.54) is 12.8 Å². The van der Waals surface area contributed by atoms with Crippen LogP contribution in [0.25, 0.3) is 0 Å². The lowest BCUT2D eigenvalue weighted by Gasteiger charge is -1.89. The van der Waals surface area contributed by atoms with E-state index >= 15 is 0 Å². The van der Waals surface area contributed by atoms with E-state index in [4.69, 9.17) is 0 Å². The van der Waals surface area contributed by atoms with E-state index in [-0.39, 0.29) is 0 Å². The van der Waals surface area contributed by atoms with Crippen LogP contribution in [-0.4, -0.2) is 9.97 Å². The quantitative estimate of drug-likeness (QED) is 0.535. The fourth-order valence-corrected chi connectivity index (χ4v) is 0.927. The number of hydrogen-bond acceptors (Lipinski definition) is 2. The first-order valence-electron chi connectivity index (χ1n) is 4.15. The Morgan fingerprint density at radius 1 is 1.42 bits per heavy atom. The van der Waals surface area contributed by atoms with Gasteiger partial charge in [-0.3, -0.25) is 4.98 Å². The number of aromatic nitrogens is 2. The van der Waals surface area contributed by atoms with Gasteiger partial charge in [0.25, 0.3) is 0 Å². The van der Waals surface area contributed by atoms with E-state index in [1.807, 2.05) is 6.92 Å². The first-order valence-corrected chi connectivity index (χ1v) is 4.15. The maximum Gasteiger partial charge on any atom is 0.131 e. The number of hydrogen-bond donors (Lipinski definition) is 0. The molecule has 0 unspecified atom stereocenters. The van der Waals surface area contributed by atoms with Crippen molar-refractivity contribution in [1.82, 2.24) is 9.97 Å². The minimum atomic E-state index is 0.632. The van der Waals surface area contributed by atoms with E-state index in [2.05, 4.69) is 21.8 Å². The molecule has 0 aliphatic heterocycles. The van der Waals surface area contributed by atoms with Crippen molar-refractivity contribution in [3.63, 3.8) is 0 Å². The molecule has 1 aromatic rings. The molecule has 0 aromatic carbocycles. The van der Waals surface area contributed by atoms with Gasteiger partial charge in [0.1, 0.15) is 5.69 Å². The second-order valence-corrected chi connectivity index (χ2v) is 3.09. The highest BCUT2D eigenvalue weighted by Gasteiger charge is 2.17. The summed E-state index contributed by atoms with van der Waals surface area (Å²) in [7, 11) is 0. The Kier molecular flexibility index (Phi) is 1.79. The van der Waals surface area contributed by atoms with Crippen molar-refractivity contribution in [2.75, 3.05) is 0 Å². The SMILES string of the molecule is Cc1cncc(C#CC2CC2)n1. The summed E-state index contributed by atoms with van der Waals surface area (Å²) in [5.41, 5.74) is 1.72. The molecule has 0 bridgehead atoms. The molecule has 1 heterocycles. The maximum absolute atomic E-state index is 4.24. The molecule has 0 amide bonds. The third-order valence-electron chi connectivity index (χ3n) is 1.74. The maximum atomic E-state index is 4.24. The van der Waals surface area contributed by atoms with E-state index < -0.39 is 0 Å². The average molecular weight is 158 g/mol. The van der Waals surface area contributed by atoms with Gasteiger partial charge in [0.15, 0.2) is 0 Å². The molecule has 2 heteroatoms. The van der Waals surface area contributed by atoms with Gasteiger partial charge in [-0.05, 0) is 25.7 Å². The van der Waals surface area contributed by atoms with Gasteiger partial charge in [-0.1, -0.05) is 5.92 Å². The van der Waals surface area contributed by atoms with Crippen molar-refractivity contribution in [2.45, 2.75) is 19.8 Å². The van der Waals surface area contributed by atoms with Gasteiger partial charge in [-0.25, -0.2) is 4.98 Å². The standard InChI is InChI=1S/C10H10N2/c1-8-6-11-7-10(12-8)5-4-9-2-3-9/h6-7,9H,2-3H2,1H3. The Labute approximate surface area is 72.1 Å². The Morgan fingerprint density at radius 3 is 2.92 bits per heavy atom. The molecule has 2 nitrogen and oxygen atoms in total. The molecular weight excluding hydrogens is 148 g/mol. The highest BCUT2D eigenvalue weighted by atomic mass is 14.8. The van der Waals surface area contributed by atoms with Crippen LogP contribution in [0.1, 0.15) is 24.2 Å². The van der Waals surface area contributed by atoms with Crippen molar-refractivity contribution < 1.29 is 0 Å². The Bertz CT molecular complexity index is 342. The molecule has 0 radical (unpaired) electrons. The van der Waals surface area contributed by atoms with Crippen molar-refractivity contribution in [3.05, 3.63) is 23.8 Å². The molecular formula is C10H10N2. The van der Waals surface area contributed by atoms with E-state index in [1.54, 1.807) is 12.4 Å². The van der Waals surface area contributed by atoms with Gasteiger partial charge < -0.3 is 0 Å². The normalized spacial score (nSPS) is 15.1. The molecule has 1 aliphatic carbocycles. The van der Waals surface area contributed by atoms with Crippen LogP contribution in [0.3, 0.4) is 0 Å². The summed E-state index contributed by atoms with van der Waals surface area (Å²) >= 11 is 0. The Morgan fingerprint density at radius 2 is 2.25 bits per heavy atom. The zero-order valence-electron chi connectivity index (χ0n) is 7.04. The molecule has 0 saturated heterocycles. The molecule has 60 valence electrons. The van der Waals surface area contributed by atoms with Crippen LogP contribution in [0, 0.1) is 24.7 Å². The third-order valence-corrected chi connectivity index (χ3v) is 1.74. The van der Waals surface area contributed by atoms with Gasteiger partial charge in [-0.15, -0.1) is 0 Å². The molecule has 2 rings (SSSR count). The predicted octanol–water partition coefficient (Wildman–Crippen LogP) is 1.55. The molecule has 1 fully saturated rings. The highest BCUT2D eigenvalue weighted by molar-refractivity contribution is 5.27. The van der Waals surface area contributed by atoms with Crippen LogP contribution < -0.4 is 0 Å². The summed E-state index contributed by atoms with van der Waals surface area (Å²) in [5, 5.41) is 0. The van der Waals surface area contributed by atoms with Crippen LogP contribution in [0.2, 0.25) is 0 Å². The molecule has 1 aromatic heterocycles. The third kappa shape index (κ3) is 1.82. The molecule has 0 N–H and O–H groups in total. The van der Waals surface area contributed by atoms with Crippen LogP contribution in [-0.2, 0) is 0 Å². The zero-order chi connectivity index (χ0) is 8.39. The summed E-state index contributed by atoms with van der Waals surface area (Å²) in [6, 6.07) is 0. The van der Waals surface area contributed by atoms with Crippen molar-refractivity contribution in [2.24, 2.45) is 5.92 Å². The van der Waals surface area contributed by atoms with Crippen LogP contribution in [0.15, 0.2) is 12.4 Å². The van der Waals surface area contributed by atoms with Gasteiger partial charge >= 0.3 is 0 Å². The minimum absolute atomic E-state index is 0.632. The molecule has 1 saturated carbocycles. The van der Waals surface area contributed by atoms with Crippen LogP contribution >= 0.6 is 0 Å². The minimum Gasteiger partial charge on any atom is -0.260 e. The predicted molar refractivity (Wildman–Crippen MR) is 46.4 cm³/mol. The number of nitrogens with zero attached hydrogens (tertiary/aromatic N) is 2. The first kappa shape index (κ1) is 7.30. The smallest absolute Gasteiger partial charge is 0.131 e. The molecule has 0 atom stereocenters. The largest absolute Gasteiger partial charge is 0.260 e. The van der Waals surface area contributed by atoms with Crippen molar-refractivity contribution in [3.8, 4) is 11.8 Å². The number of rotatable bonds is 0. The topological polar surface area (TPSA) is 25.8 Å². The van der Waals surface area contributed by atoms with E-state index in [9.17, 15) is 0 Å². The second kappa shape index (κ2) is 2.94. The van der Waals surface area contributed by atoms with Gasteiger partial charge in [-0.2, -0.15) is 0 Å². The molecule has 12 heavy (non-hydrogen) atoms. The lowest BCUT2D eigenvalue weighted by molar-refractivity contribution is 1.09. The number of aryl methyl sites for hydroxylation is 1. The summed E-state index contributed by atoms with van der Waals surface area (Å²) in [4.78, 5) is 8.25. The van der Waals surface area contributed by atoms with Crippen LogP contribution in [0.4, 0.5) is 0 Å². The fraction of sp³-hybridized carbons (Fsp3) is 0.400. The van der Waals surface area contributed by atoms with Gasteiger partial charge in [0, 0.05) is 12.1 Å². The van der Waals surface area contributed by atoms with Crippen molar-refractivity contribution >= 4 is 0 Å². The summed E-state index contributed by atoms with van der Waals surface area (Å²) in [5.74, 6) is 6.80. The highest BCUT2D eigenvalue weighted by Crippen LogP contribution is 2.27. The Balaban J connectivity index is 2.18. The lowest BCUT2D eigenvalue weighted by atomic mass is 10.3. The molecule has 1 aliphatic rings. The average Bonchev–Trinajstić information content (AvgIpc) is 2.84. The van der Waals surface area contributed by atoms with E-state index in [0.717, 1.165) is 11.4 Å². The van der Waals surface area contributed by atoms with Crippen molar-refractivity contribution in [1.29, 1.82) is 0 Å². The van der Waals surface area contributed by atoms with Gasteiger partial charge in [0.05, 0.1) is 11.9 Å². The summed E-state index contributed by atoms with van der Waals surface area (Å²) < 4.78 is 0. The first-order chi connectivity index (χ1) is 5.84. The molecule has 0 spiro atoms. The fourth-order valence-electron chi connectivity index (χ4n) is 0.927. The summed E-state index contributed by atoms with van der Waals surface area (Å²) in [6.45, 7) is 1.93. The lowest BCUT2D eigenvalue weighted by Crippen LogP contribution is -1.87. The van der Waals surface area contributed by atoms with Crippen LogP contribution in [0.5, 0.6) is 0 Å².